The molecule has 0 aliphatic carbocycles. The summed E-state index contributed by atoms with van der Waals surface area (Å²) < 4.78 is 5.67. The Hall–Kier alpha value is -0.800. The lowest BCUT2D eigenvalue weighted by molar-refractivity contribution is -0.00482. The molecule has 1 fully saturated rings. The first-order chi connectivity index (χ1) is 9.47. The first-order valence-corrected chi connectivity index (χ1v) is 7.88. The summed E-state index contributed by atoms with van der Waals surface area (Å²) >= 11 is 6.03. The zero-order valence-electron chi connectivity index (χ0n) is 12.9. The number of aromatic nitrogens is 1. The van der Waals surface area contributed by atoms with Gasteiger partial charge in [0, 0.05) is 31.8 Å². The number of alkyl halides is 1. The molecule has 2 heterocycles. The topological polar surface area (TPSA) is 25.4 Å². The van der Waals surface area contributed by atoms with E-state index in [0.29, 0.717) is 11.8 Å². The van der Waals surface area contributed by atoms with Crippen LogP contribution in [0.5, 0.6) is 0 Å². The molecule has 2 rings (SSSR count). The van der Waals surface area contributed by atoms with Crippen LogP contribution in [0.2, 0.25) is 0 Å². The van der Waals surface area contributed by atoms with Crippen molar-refractivity contribution in [2.24, 2.45) is 0 Å². The molecular formula is C16H25ClN2O. The van der Waals surface area contributed by atoms with Gasteiger partial charge >= 0.3 is 0 Å². The van der Waals surface area contributed by atoms with Crippen molar-refractivity contribution in [1.29, 1.82) is 0 Å². The zero-order valence-corrected chi connectivity index (χ0v) is 13.7. The van der Waals surface area contributed by atoms with Crippen LogP contribution in [0.15, 0.2) is 12.1 Å². The quantitative estimate of drug-likeness (QED) is 0.787. The predicted molar refractivity (Wildman–Crippen MR) is 84.7 cm³/mol. The van der Waals surface area contributed by atoms with Crippen molar-refractivity contribution in [3.63, 3.8) is 0 Å². The molecule has 0 aromatic carbocycles. The third kappa shape index (κ3) is 3.44. The van der Waals surface area contributed by atoms with Gasteiger partial charge in [-0.15, -0.1) is 11.6 Å². The van der Waals surface area contributed by atoms with Crippen LogP contribution in [0.25, 0.3) is 0 Å². The Balaban J connectivity index is 2.29. The van der Waals surface area contributed by atoms with Gasteiger partial charge in [-0.2, -0.15) is 0 Å². The van der Waals surface area contributed by atoms with Crippen molar-refractivity contribution in [2.75, 3.05) is 25.1 Å². The van der Waals surface area contributed by atoms with Gasteiger partial charge < -0.3 is 9.64 Å². The van der Waals surface area contributed by atoms with E-state index in [9.17, 15) is 0 Å². The van der Waals surface area contributed by atoms with Crippen LogP contribution < -0.4 is 4.90 Å². The molecule has 1 aliphatic heterocycles. The van der Waals surface area contributed by atoms with Gasteiger partial charge in [0.15, 0.2) is 0 Å². The van der Waals surface area contributed by atoms with E-state index in [1.807, 2.05) is 0 Å². The molecule has 0 amide bonds. The monoisotopic (exact) mass is 296 g/mol. The number of methoxy groups -OCH3 is 1. The lowest BCUT2D eigenvalue weighted by Gasteiger charge is -2.40. The first-order valence-electron chi connectivity index (χ1n) is 7.34. The standard InChI is InChI=1S/C16H25ClN2O/c1-12(2)14-8-13(10-17)9-15(18-14)19-7-5-6-16(3,11-19)20-4/h8-9,12H,5-7,10-11H2,1-4H3. The molecule has 0 spiro atoms. The number of rotatable bonds is 4. The van der Waals surface area contributed by atoms with E-state index in [2.05, 4.69) is 37.8 Å². The van der Waals surface area contributed by atoms with Crippen molar-refractivity contribution >= 4 is 17.4 Å². The number of nitrogens with zero attached hydrogens (tertiary/aromatic N) is 2. The van der Waals surface area contributed by atoms with Crippen LogP contribution >= 0.6 is 11.6 Å². The van der Waals surface area contributed by atoms with Crippen molar-refractivity contribution in [3.8, 4) is 0 Å². The summed E-state index contributed by atoms with van der Waals surface area (Å²) in [5, 5.41) is 0. The number of hydrogen-bond donors (Lipinski definition) is 0. The van der Waals surface area contributed by atoms with E-state index in [4.69, 9.17) is 21.3 Å². The molecule has 0 saturated carbocycles. The molecular weight excluding hydrogens is 272 g/mol. The number of piperidine rings is 1. The van der Waals surface area contributed by atoms with Gasteiger partial charge in [-0.3, -0.25) is 0 Å². The Morgan fingerprint density at radius 2 is 2.20 bits per heavy atom. The smallest absolute Gasteiger partial charge is 0.129 e. The fourth-order valence-corrected chi connectivity index (χ4v) is 2.85. The van der Waals surface area contributed by atoms with Gasteiger partial charge in [0.2, 0.25) is 0 Å². The molecule has 4 heteroatoms. The lowest BCUT2D eigenvalue weighted by Crippen LogP contribution is -2.47. The Bertz CT molecular complexity index is 464. The lowest BCUT2D eigenvalue weighted by atomic mass is 9.94. The van der Waals surface area contributed by atoms with E-state index in [1.165, 1.54) is 0 Å². The van der Waals surface area contributed by atoms with Gasteiger partial charge in [0.25, 0.3) is 0 Å². The molecule has 1 atom stereocenters. The maximum atomic E-state index is 6.03. The second-order valence-electron chi connectivity index (χ2n) is 6.23. The number of pyridine rings is 1. The average Bonchev–Trinajstić information content (AvgIpc) is 2.46. The Morgan fingerprint density at radius 3 is 2.80 bits per heavy atom. The molecule has 1 aromatic heterocycles. The number of hydrogen-bond acceptors (Lipinski definition) is 3. The summed E-state index contributed by atoms with van der Waals surface area (Å²) in [6.07, 6.45) is 2.24. The fraction of sp³-hybridized carbons (Fsp3) is 0.688. The molecule has 0 N–H and O–H groups in total. The van der Waals surface area contributed by atoms with Crippen molar-refractivity contribution in [2.45, 2.75) is 51.0 Å². The summed E-state index contributed by atoms with van der Waals surface area (Å²) in [6, 6.07) is 4.22. The molecule has 0 radical (unpaired) electrons. The molecule has 1 unspecified atom stereocenters. The van der Waals surface area contributed by atoms with E-state index >= 15 is 0 Å². The van der Waals surface area contributed by atoms with Crippen molar-refractivity contribution in [3.05, 3.63) is 23.4 Å². The summed E-state index contributed by atoms with van der Waals surface area (Å²) in [5.74, 6) is 1.98. The Morgan fingerprint density at radius 1 is 1.45 bits per heavy atom. The highest BCUT2D eigenvalue weighted by Crippen LogP contribution is 2.29. The van der Waals surface area contributed by atoms with Crippen LogP contribution in [0.3, 0.4) is 0 Å². The van der Waals surface area contributed by atoms with E-state index in [0.717, 1.165) is 43.0 Å². The van der Waals surface area contributed by atoms with Gasteiger partial charge in [-0.1, -0.05) is 13.8 Å². The minimum atomic E-state index is -0.0745. The molecule has 20 heavy (non-hydrogen) atoms. The third-order valence-electron chi connectivity index (χ3n) is 4.11. The Kier molecular flexibility index (Phi) is 4.92. The molecule has 3 nitrogen and oxygen atoms in total. The summed E-state index contributed by atoms with van der Waals surface area (Å²) in [7, 11) is 1.80. The molecule has 1 saturated heterocycles. The van der Waals surface area contributed by atoms with Crippen LogP contribution in [0.4, 0.5) is 5.82 Å². The van der Waals surface area contributed by atoms with Crippen molar-refractivity contribution < 1.29 is 4.74 Å². The second-order valence-corrected chi connectivity index (χ2v) is 6.49. The summed E-state index contributed by atoms with van der Waals surface area (Å²) in [5.41, 5.74) is 2.18. The van der Waals surface area contributed by atoms with E-state index in [1.54, 1.807) is 7.11 Å². The van der Waals surface area contributed by atoms with Crippen LogP contribution in [0, 0.1) is 0 Å². The highest BCUT2D eigenvalue weighted by atomic mass is 35.5. The Labute approximate surface area is 127 Å². The first kappa shape index (κ1) is 15.6. The van der Waals surface area contributed by atoms with Crippen LogP contribution in [-0.2, 0) is 10.6 Å². The summed E-state index contributed by atoms with van der Waals surface area (Å²) in [4.78, 5) is 7.14. The van der Waals surface area contributed by atoms with Gasteiger partial charge in [-0.25, -0.2) is 4.98 Å². The number of halogens is 1. The van der Waals surface area contributed by atoms with Gasteiger partial charge in [0.1, 0.15) is 5.82 Å². The normalized spacial score (nSPS) is 23.4. The fourth-order valence-electron chi connectivity index (χ4n) is 2.70. The zero-order chi connectivity index (χ0) is 14.8. The molecule has 0 bridgehead atoms. The van der Waals surface area contributed by atoms with E-state index < -0.39 is 0 Å². The number of ether oxygens (including phenoxy) is 1. The highest BCUT2D eigenvalue weighted by molar-refractivity contribution is 6.17. The molecule has 112 valence electrons. The van der Waals surface area contributed by atoms with Crippen LogP contribution in [0.1, 0.15) is 50.8 Å². The SMILES string of the molecule is COC1(C)CCCN(c2cc(CCl)cc(C(C)C)n2)C1. The predicted octanol–water partition coefficient (Wildman–Crippen LogP) is 3.95. The largest absolute Gasteiger partial charge is 0.377 e. The second kappa shape index (κ2) is 6.31. The van der Waals surface area contributed by atoms with Crippen molar-refractivity contribution in [1.82, 2.24) is 4.98 Å². The maximum Gasteiger partial charge on any atom is 0.129 e. The highest BCUT2D eigenvalue weighted by Gasteiger charge is 2.31. The van der Waals surface area contributed by atoms with Gasteiger partial charge in [0.05, 0.1) is 5.60 Å². The van der Waals surface area contributed by atoms with E-state index in [-0.39, 0.29) is 5.60 Å². The minimum Gasteiger partial charge on any atom is -0.377 e. The maximum absolute atomic E-state index is 6.03. The minimum absolute atomic E-state index is 0.0745. The molecule has 1 aromatic rings. The third-order valence-corrected chi connectivity index (χ3v) is 4.42. The van der Waals surface area contributed by atoms with Gasteiger partial charge in [-0.05, 0) is 43.4 Å². The molecule has 1 aliphatic rings. The average molecular weight is 297 g/mol. The number of anilines is 1. The summed E-state index contributed by atoms with van der Waals surface area (Å²) in [6.45, 7) is 8.43. The van der Waals surface area contributed by atoms with Crippen LogP contribution in [-0.4, -0.2) is 30.8 Å².